The van der Waals surface area contributed by atoms with Gasteiger partial charge in [0.25, 0.3) is 0 Å². The van der Waals surface area contributed by atoms with Gasteiger partial charge in [0.15, 0.2) is 0 Å². The van der Waals surface area contributed by atoms with Crippen LogP contribution >= 0.6 is 0 Å². The Morgan fingerprint density at radius 2 is 2.12 bits per heavy atom. The topological polar surface area (TPSA) is 74.3 Å². The third-order valence-electron chi connectivity index (χ3n) is 4.53. The zero-order chi connectivity index (χ0) is 17.2. The molecule has 2 amide bonds. The van der Waals surface area contributed by atoms with Gasteiger partial charge in [-0.2, -0.15) is 0 Å². The van der Waals surface area contributed by atoms with Crippen molar-refractivity contribution in [2.24, 2.45) is 5.92 Å². The number of hydrogen-bond donors (Lipinski definition) is 2. The van der Waals surface area contributed by atoms with Gasteiger partial charge in [0, 0.05) is 38.3 Å². The number of likely N-dealkylation sites (N-methyl/N-ethyl adjacent to an activating group) is 1. The van der Waals surface area contributed by atoms with E-state index in [2.05, 4.69) is 15.6 Å². The molecule has 0 unspecified atom stereocenters. The van der Waals surface area contributed by atoms with Gasteiger partial charge in [0.05, 0.1) is 6.54 Å². The summed E-state index contributed by atoms with van der Waals surface area (Å²) in [6, 6.07) is 5.76. The molecule has 0 aliphatic carbocycles. The Kier molecular flexibility index (Phi) is 7.68. The molecule has 1 fully saturated rings. The van der Waals surface area contributed by atoms with Crippen LogP contribution in [0.25, 0.3) is 0 Å². The number of aromatic nitrogens is 1. The second kappa shape index (κ2) is 10.0. The lowest BCUT2D eigenvalue weighted by atomic mass is 9.93. The van der Waals surface area contributed by atoms with Crippen LogP contribution in [0.2, 0.25) is 0 Å². The fraction of sp³-hybridized carbons (Fsp3) is 0.611. The highest BCUT2D eigenvalue weighted by Gasteiger charge is 2.15. The van der Waals surface area contributed by atoms with E-state index in [1.165, 1.54) is 0 Å². The number of rotatable bonds is 8. The first-order valence-corrected chi connectivity index (χ1v) is 8.76. The lowest BCUT2D eigenvalue weighted by Crippen LogP contribution is -2.39. The molecule has 1 aromatic heterocycles. The largest absolute Gasteiger partial charge is 0.347 e. The molecular weight excluding hydrogens is 304 g/mol. The van der Waals surface area contributed by atoms with Gasteiger partial charge in [0.1, 0.15) is 0 Å². The van der Waals surface area contributed by atoms with Gasteiger partial charge >= 0.3 is 0 Å². The van der Waals surface area contributed by atoms with Crippen molar-refractivity contribution in [3.05, 3.63) is 30.1 Å². The molecule has 0 atom stereocenters. The number of carbonyl (C=O) groups excluding carboxylic acids is 2. The van der Waals surface area contributed by atoms with Crippen LogP contribution in [-0.4, -0.2) is 54.9 Å². The van der Waals surface area contributed by atoms with Gasteiger partial charge in [0.2, 0.25) is 11.8 Å². The Morgan fingerprint density at radius 1 is 1.33 bits per heavy atom. The van der Waals surface area contributed by atoms with E-state index < -0.39 is 0 Å². The van der Waals surface area contributed by atoms with E-state index >= 15 is 0 Å². The van der Waals surface area contributed by atoms with Crippen molar-refractivity contribution < 1.29 is 9.59 Å². The summed E-state index contributed by atoms with van der Waals surface area (Å²) in [5.74, 6) is 0.537. The average Bonchev–Trinajstić information content (AvgIpc) is 2.64. The summed E-state index contributed by atoms with van der Waals surface area (Å²) < 4.78 is 0. The second-order valence-electron chi connectivity index (χ2n) is 6.40. The third kappa shape index (κ3) is 6.66. The van der Waals surface area contributed by atoms with Crippen LogP contribution in [0.1, 0.15) is 31.4 Å². The Bertz CT molecular complexity index is 515. The minimum absolute atomic E-state index is 0.0278. The van der Waals surface area contributed by atoms with Gasteiger partial charge in [-0.05, 0) is 50.4 Å². The van der Waals surface area contributed by atoms with Gasteiger partial charge in [-0.3, -0.25) is 14.6 Å². The third-order valence-corrected chi connectivity index (χ3v) is 4.53. The number of hydrogen-bond acceptors (Lipinski definition) is 4. The molecule has 0 radical (unpaired) electrons. The normalized spacial score (nSPS) is 15.0. The fourth-order valence-electron chi connectivity index (χ4n) is 2.86. The Hall–Kier alpha value is -1.95. The SMILES string of the molecule is CN(CCc1ccccn1)C(=O)CNC(=O)CCC1CCNCC1. The molecule has 1 saturated heterocycles. The van der Waals surface area contributed by atoms with Crippen molar-refractivity contribution in [1.82, 2.24) is 20.5 Å². The molecule has 1 aliphatic rings. The van der Waals surface area contributed by atoms with E-state index in [4.69, 9.17) is 0 Å². The summed E-state index contributed by atoms with van der Waals surface area (Å²) in [7, 11) is 1.76. The van der Waals surface area contributed by atoms with E-state index in [-0.39, 0.29) is 18.4 Å². The first-order valence-electron chi connectivity index (χ1n) is 8.76. The quantitative estimate of drug-likeness (QED) is 0.744. The van der Waals surface area contributed by atoms with Crippen molar-refractivity contribution in [2.45, 2.75) is 32.1 Å². The average molecular weight is 332 g/mol. The summed E-state index contributed by atoms with van der Waals surface area (Å²) in [5, 5.41) is 6.06. The molecule has 6 heteroatoms. The minimum Gasteiger partial charge on any atom is -0.347 e. The van der Waals surface area contributed by atoms with Crippen molar-refractivity contribution >= 4 is 11.8 Å². The first kappa shape index (κ1) is 18.4. The van der Waals surface area contributed by atoms with Gasteiger partial charge < -0.3 is 15.5 Å². The summed E-state index contributed by atoms with van der Waals surface area (Å²) >= 11 is 0. The number of nitrogens with one attached hydrogen (secondary N) is 2. The van der Waals surface area contributed by atoms with Crippen molar-refractivity contribution in [1.29, 1.82) is 0 Å². The van der Waals surface area contributed by atoms with E-state index in [1.807, 2.05) is 18.2 Å². The smallest absolute Gasteiger partial charge is 0.241 e. The molecule has 2 heterocycles. The van der Waals surface area contributed by atoms with Crippen LogP contribution in [0.3, 0.4) is 0 Å². The monoisotopic (exact) mass is 332 g/mol. The van der Waals surface area contributed by atoms with Crippen molar-refractivity contribution in [2.75, 3.05) is 33.2 Å². The molecule has 0 spiro atoms. The molecule has 1 aliphatic heterocycles. The molecule has 1 aromatic rings. The van der Waals surface area contributed by atoms with Crippen LogP contribution in [0.5, 0.6) is 0 Å². The fourth-order valence-corrected chi connectivity index (χ4v) is 2.86. The van der Waals surface area contributed by atoms with Gasteiger partial charge in [-0.25, -0.2) is 0 Å². The minimum atomic E-state index is -0.0684. The maximum absolute atomic E-state index is 12.1. The van der Waals surface area contributed by atoms with Crippen LogP contribution in [0.15, 0.2) is 24.4 Å². The zero-order valence-corrected chi connectivity index (χ0v) is 14.5. The Balaban J connectivity index is 1.59. The number of carbonyl (C=O) groups is 2. The molecule has 24 heavy (non-hydrogen) atoms. The van der Waals surface area contributed by atoms with E-state index in [0.717, 1.165) is 38.0 Å². The summed E-state index contributed by atoms with van der Waals surface area (Å²) in [6.45, 7) is 2.77. The highest BCUT2D eigenvalue weighted by Crippen LogP contribution is 2.17. The van der Waals surface area contributed by atoms with Gasteiger partial charge in [-0.15, -0.1) is 0 Å². The second-order valence-corrected chi connectivity index (χ2v) is 6.40. The lowest BCUT2D eigenvalue weighted by molar-refractivity contribution is -0.131. The molecular formula is C18H28N4O2. The molecule has 132 valence electrons. The number of piperidine rings is 1. The summed E-state index contributed by atoms with van der Waals surface area (Å²) in [6.07, 6.45) is 6.17. The van der Waals surface area contributed by atoms with Crippen LogP contribution < -0.4 is 10.6 Å². The van der Waals surface area contributed by atoms with Crippen LogP contribution in [-0.2, 0) is 16.0 Å². The van der Waals surface area contributed by atoms with Gasteiger partial charge in [-0.1, -0.05) is 6.07 Å². The first-order chi connectivity index (χ1) is 11.6. The van der Waals surface area contributed by atoms with E-state index in [0.29, 0.717) is 25.3 Å². The predicted molar refractivity (Wildman–Crippen MR) is 93.4 cm³/mol. The molecule has 6 nitrogen and oxygen atoms in total. The highest BCUT2D eigenvalue weighted by molar-refractivity contribution is 5.84. The lowest BCUT2D eigenvalue weighted by Gasteiger charge is -2.22. The summed E-state index contributed by atoms with van der Waals surface area (Å²) in [5.41, 5.74) is 0.961. The highest BCUT2D eigenvalue weighted by atomic mass is 16.2. The maximum Gasteiger partial charge on any atom is 0.241 e. The number of nitrogens with zero attached hydrogens (tertiary/aromatic N) is 2. The maximum atomic E-state index is 12.1. The zero-order valence-electron chi connectivity index (χ0n) is 14.5. The standard InChI is InChI=1S/C18H28N4O2/c1-22(13-9-16-4-2-3-10-20-16)18(24)14-21-17(23)6-5-15-7-11-19-12-8-15/h2-4,10,15,19H,5-9,11-14H2,1H3,(H,21,23). The van der Waals surface area contributed by atoms with Crippen molar-refractivity contribution in [3.8, 4) is 0 Å². The van der Waals surface area contributed by atoms with E-state index in [1.54, 1.807) is 18.1 Å². The number of pyridine rings is 1. The number of amides is 2. The molecule has 2 N–H and O–H groups in total. The molecule has 0 bridgehead atoms. The Morgan fingerprint density at radius 3 is 2.83 bits per heavy atom. The Labute approximate surface area is 144 Å². The van der Waals surface area contributed by atoms with Crippen molar-refractivity contribution in [3.63, 3.8) is 0 Å². The van der Waals surface area contributed by atoms with Crippen LogP contribution in [0.4, 0.5) is 0 Å². The predicted octanol–water partition coefficient (Wildman–Crippen LogP) is 0.979. The van der Waals surface area contributed by atoms with E-state index in [9.17, 15) is 9.59 Å². The van der Waals surface area contributed by atoms with Crippen LogP contribution in [0, 0.1) is 5.92 Å². The molecule has 0 aromatic carbocycles. The molecule has 0 saturated carbocycles. The molecule has 2 rings (SSSR count). The summed E-state index contributed by atoms with van der Waals surface area (Å²) in [4.78, 5) is 29.8.